The first kappa shape index (κ1) is 21.1. The van der Waals surface area contributed by atoms with Crippen LogP contribution in [0.2, 0.25) is 0 Å². The number of aryl methyl sites for hydroxylation is 2. The van der Waals surface area contributed by atoms with Gasteiger partial charge in [0.1, 0.15) is 10.6 Å². The number of benzene rings is 2. The van der Waals surface area contributed by atoms with Crippen LogP contribution in [0.1, 0.15) is 44.0 Å². The molecule has 0 unspecified atom stereocenters. The van der Waals surface area contributed by atoms with Gasteiger partial charge < -0.3 is 4.42 Å². The molecule has 0 aliphatic rings. The summed E-state index contributed by atoms with van der Waals surface area (Å²) in [6.45, 7) is 3.94. The average molecular weight is 453 g/mol. The molecule has 2 amide bonds. The molecular formula is C22H20N4O3S2. The second kappa shape index (κ2) is 9.32. The van der Waals surface area contributed by atoms with Crippen LogP contribution in [0, 0.1) is 6.92 Å². The van der Waals surface area contributed by atoms with E-state index in [-0.39, 0.29) is 5.76 Å². The smallest absolute Gasteiger partial charge is 0.305 e. The number of thioether (sulfide) groups is 1. The Kier molecular flexibility index (Phi) is 6.34. The number of fused-ring (bicyclic) bond motifs is 1. The van der Waals surface area contributed by atoms with Crippen LogP contribution < -0.4 is 10.9 Å². The lowest BCUT2D eigenvalue weighted by Gasteiger charge is -2.08. The third-order valence-electron chi connectivity index (χ3n) is 4.67. The summed E-state index contributed by atoms with van der Waals surface area (Å²) >= 11 is 2.98. The van der Waals surface area contributed by atoms with Crippen molar-refractivity contribution < 1.29 is 14.0 Å². The quantitative estimate of drug-likeness (QED) is 0.330. The van der Waals surface area contributed by atoms with Crippen molar-refractivity contribution in [3.8, 4) is 0 Å². The molecule has 0 bridgehead atoms. The Morgan fingerprint density at radius 3 is 2.48 bits per heavy atom. The zero-order valence-electron chi connectivity index (χ0n) is 17.0. The number of rotatable bonds is 6. The summed E-state index contributed by atoms with van der Waals surface area (Å²) < 4.78 is 6.63. The number of furan rings is 1. The van der Waals surface area contributed by atoms with Gasteiger partial charge in [-0.2, -0.15) is 0 Å². The third kappa shape index (κ3) is 4.78. The molecule has 2 heterocycles. The van der Waals surface area contributed by atoms with Crippen molar-refractivity contribution in [1.29, 1.82) is 0 Å². The molecule has 0 aliphatic carbocycles. The molecule has 2 N–H and O–H groups in total. The molecule has 0 spiro atoms. The minimum absolute atomic E-state index is 0.163. The maximum atomic E-state index is 12.8. The van der Waals surface area contributed by atoms with Gasteiger partial charge in [-0.05, 0) is 37.1 Å². The summed E-state index contributed by atoms with van der Waals surface area (Å²) in [7, 11) is 0. The zero-order chi connectivity index (χ0) is 21.8. The van der Waals surface area contributed by atoms with Crippen molar-refractivity contribution in [2.75, 3.05) is 0 Å². The maximum absolute atomic E-state index is 12.8. The van der Waals surface area contributed by atoms with Gasteiger partial charge >= 0.3 is 5.91 Å². The van der Waals surface area contributed by atoms with E-state index in [4.69, 9.17) is 4.42 Å². The zero-order valence-corrected chi connectivity index (χ0v) is 18.6. The fourth-order valence-electron chi connectivity index (χ4n) is 3.03. The monoisotopic (exact) mass is 452 g/mol. The van der Waals surface area contributed by atoms with Crippen molar-refractivity contribution in [1.82, 2.24) is 21.0 Å². The number of nitrogens with zero attached hydrogens (tertiary/aromatic N) is 2. The van der Waals surface area contributed by atoms with E-state index in [0.717, 1.165) is 32.3 Å². The van der Waals surface area contributed by atoms with Crippen molar-refractivity contribution in [3.05, 3.63) is 76.0 Å². The molecule has 0 atom stereocenters. The van der Waals surface area contributed by atoms with E-state index < -0.39 is 11.8 Å². The molecule has 4 aromatic rings. The normalized spacial score (nSPS) is 10.9. The van der Waals surface area contributed by atoms with Gasteiger partial charge in [0.25, 0.3) is 5.91 Å². The highest BCUT2D eigenvalue weighted by molar-refractivity contribution is 8.00. The van der Waals surface area contributed by atoms with Crippen LogP contribution >= 0.6 is 23.1 Å². The Hall–Kier alpha value is -3.17. The van der Waals surface area contributed by atoms with Crippen LogP contribution in [0.5, 0.6) is 0 Å². The van der Waals surface area contributed by atoms with E-state index in [0.29, 0.717) is 16.9 Å². The molecule has 2 aromatic heterocycles. The first-order valence-electron chi connectivity index (χ1n) is 9.68. The van der Waals surface area contributed by atoms with Crippen LogP contribution in [0.3, 0.4) is 0 Å². The number of carbonyl (C=O) groups is 2. The molecule has 2 aromatic carbocycles. The molecule has 0 fully saturated rings. The van der Waals surface area contributed by atoms with Gasteiger partial charge in [0.05, 0.1) is 0 Å². The highest BCUT2D eigenvalue weighted by Crippen LogP contribution is 2.33. The van der Waals surface area contributed by atoms with Gasteiger partial charge in [-0.3, -0.25) is 20.4 Å². The molecule has 9 heteroatoms. The summed E-state index contributed by atoms with van der Waals surface area (Å²) in [4.78, 5) is 25.2. The number of amides is 2. The molecule has 0 radical (unpaired) electrons. The van der Waals surface area contributed by atoms with Crippen LogP contribution in [-0.2, 0) is 12.2 Å². The summed E-state index contributed by atoms with van der Waals surface area (Å²) in [5, 5.41) is 9.87. The Labute approximate surface area is 187 Å². The topological polar surface area (TPSA) is 97.1 Å². The maximum Gasteiger partial charge on any atom is 0.305 e. The lowest BCUT2D eigenvalue weighted by molar-refractivity contribution is 0.0831. The summed E-state index contributed by atoms with van der Waals surface area (Å²) in [5.74, 6) is -0.261. The van der Waals surface area contributed by atoms with E-state index in [2.05, 4.69) is 21.0 Å². The number of hydrogen-bond acceptors (Lipinski definition) is 7. The summed E-state index contributed by atoms with van der Waals surface area (Å²) in [6.07, 6.45) is 0.891. The lowest BCUT2D eigenvalue weighted by atomic mass is 10.1. The van der Waals surface area contributed by atoms with Gasteiger partial charge in [0, 0.05) is 22.3 Å². The summed E-state index contributed by atoms with van der Waals surface area (Å²) in [6, 6.07) is 14.7. The lowest BCUT2D eigenvalue weighted by Crippen LogP contribution is -2.41. The van der Waals surface area contributed by atoms with Crippen LogP contribution in [0.4, 0.5) is 0 Å². The Morgan fingerprint density at radius 1 is 1.03 bits per heavy atom. The second-order valence-electron chi connectivity index (χ2n) is 6.74. The molecule has 158 valence electrons. The standard InChI is InChI=1S/C22H20N4O3S2/c1-3-14-8-10-15(11-9-14)20(27)24-25-21(28)19-17(12-30-22-26-23-13(2)31-22)16-6-4-5-7-18(16)29-19/h4-11H,3,12H2,1-2H3,(H,24,27)(H,25,28). The van der Waals surface area contributed by atoms with E-state index in [1.165, 1.54) is 23.1 Å². The van der Waals surface area contributed by atoms with Crippen molar-refractivity contribution in [2.24, 2.45) is 0 Å². The fourth-order valence-corrected chi connectivity index (χ4v) is 4.87. The largest absolute Gasteiger partial charge is 0.451 e. The van der Waals surface area contributed by atoms with E-state index in [1.807, 2.05) is 50.2 Å². The predicted octanol–water partition coefficient (Wildman–Crippen LogP) is 4.52. The Balaban J connectivity index is 1.50. The van der Waals surface area contributed by atoms with Gasteiger partial charge in [0.15, 0.2) is 10.1 Å². The number of carbonyl (C=O) groups excluding carboxylic acids is 2. The highest BCUT2D eigenvalue weighted by Gasteiger charge is 2.21. The first-order chi connectivity index (χ1) is 15.0. The van der Waals surface area contributed by atoms with Gasteiger partial charge in [0.2, 0.25) is 0 Å². The van der Waals surface area contributed by atoms with Crippen molar-refractivity contribution >= 4 is 45.9 Å². The van der Waals surface area contributed by atoms with Crippen LogP contribution in [0.15, 0.2) is 57.3 Å². The third-order valence-corrected chi connectivity index (χ3v) is 6.66. The Bertz CT molecular complexity index is 1230. The molecular weight excluding hydrogens is 432 g/mol. The number of nitrogens with one attached hydrogen (secondary N) is 2. The Morgan fingerprint density at radius 2 is 1.77 bits per heavy atom. The van der Waals surface area contributed by atoms with Gasteiger partial charge in [-0.1, -0.05) is 60.4 Å². The molecule has 7 nitrogen and oxygen atoms in total. The average Bonchev–Trinajstić information content (AvgIpc) is 3.39. The minimum atomic E-state index is -0.515. The summed E-state index contributed by atoms with van der Waals surface area (Å²) in [5.41, 5.74) is 7.87. The van der Waals surface area contributed by atoms with Gasteiger partial charge in [-0.15, -0.1) is 10.2 Å². The van der Waals surface area contributed by atoms with Crippen molar-refractivity contribution in [3.63, 3.8) is 0 Å². The fraction of sp³-hybridized carbons (Fsp3) is 0.182. The van der Waals surface area contributed by atoms with E-state index >= 15 is 0 Å². The van der Waals surface area contributed by atoms with Crippen molar-refractivity contribution in [2.45, 2.75) is 30.4 Å². The molecule has 0 aliphatic heterocycles. The van der Waals surface area contributed by atoms with Crippen LogP contribution in [0.25, 0.3) is 11.0 Å². The molecule has 4 rings (SSSR count). The predicted molar refractivity (Wildman–Crippen MR) is 121 cm³/mol. The number of hydrazine groups is 1. The number of hydrogen-bond donors (Lipinski definition) is 2. The SMILES string of the molecule is CCc1ccc(C(=O)NNC(=O)c2oc3ccccc3c2CSc2nnc(C)s2)cc1. The van der Waals surface area contributed by atoms with E-state index in [9.17, 15) is 9.59 Å². The molecule has 0 saturated heterocycles. The minimum Gasteiger partial charge on any atom is -0.451 e. The van der Waals surface area contributed by atoms with E-state index in [1.54, 1.807) is 12.1 Å². The molecule has 31 heavy (non-hydrogen) atoms. The van der Waals surface area contributed by atoms with Gasteiger partial charge in [-0.25, -0.2) is 0 Å². The second-order valence-corrected chi connectivity index (χ2v) is 9.14. The molecule has 0 saturated carbocycles. The highest BCUT2D eigenvalue weighted by atomic mass is 32.2. The first-order valence-corrected chi connectivity index (χ1v) is 11.5. The van der Waals surface area contributed by atoms with Crippen LogP contribution in [-0.4, -0.2) is 22.0 Å². The number of para-hydroxylation sites is 1. The number of aromatic nitrogens is 2.